The van der Waals surface area contributed by atoms with Crippen LogP contribution in [0, 0.1) is 0 Å². The number of halogens is 2. The molecule has 0 fully saturated rings. The van der Waals surface area contributed by atoms with Crippen LogP contribution in [0.5, 0.6) is 0 Å². The largest absolute Gasteiger partial charge is 0.383 e. The number of pyridine rings is 1. The fraction of sp³-hybridized carbons (Fsp3) is 0.545. The standard InChI is InChI=1S/C11H16Cl2N2O3S/c1-8(2)15(4-5-18-3)19(16,17)9-6-10(12)11(13)14-7-9/h6-8H,4-5H2,1-3H3. The number of hydrogen-bond donors (Lipinski definition) is 0. The topological polar surface area (TPSA) is 59.5 Å². The molecule has 0 spiro atoms. The third kappa shape index (κ3) is 4.03. The number of aromatic nitrogens is 1. The van der Waals surface area contributed by atoms with Crippen molar-refractivity contribution < 1.29 is 13.2 Å². The predicted molar refractivity (Wildman–Crippen MR) is 75.2 cm³/mol. The van der Waals surface area contributed by atoms with Crippen molar-refractivity contribution in [3.05, 3.63) is 22.4 Å². The summed E-state index contributed by atoms with van der Waals surface area (Å²) in [6, 6.07) is 1.10. The highest BCUT2D eigenvalue weighted by molar-refractivity contribution is 7.89. The molecule has 0 unspecified atom stereocenters. The van der Waals surface area contributed by atoms with Crippen molar-refractivity contribution in [1.29, 1.82) is 0 Å². The van der Waals surface area contributed by atoms with Crippen LogP contribution in [-0.4, -0.2) is 44.0 Å². The molecular weight excluding hydrogens is 311 g/mol. The van der Waals surface area contributed by atoms with Gasteiger partial charge in [0, 0.05) is 25.9 Å². The molecule has 0 aromatic carbocycles. The van der Waals surface area contributed by atoms with Gasteiger partial charge < -0.3 is 4.74 Å². The monoisotopic (exact) mass is 326 g/mol. The zero-order chi connectivity index (χ0) is 14.6. The normalized spacial score (nSPS) is 12.4. The average molecular weight is 327 g/mol. The SMILES string of the molecule is COCCN(C(C)C)S(=O)(=O)c1cnc(Cl)c(Cl)c1. The Morgan fingerprint density at radius 2 is 2.05 bits per heavy atom. The minimum atomic E-state index is -3.66. The molecule has 0 aliphatic rings. The predicted octanol–water partition coefficient (Wildman–Crippen LogP) is 2.43. The van der Waals surface area contributed by atoms with Crippen molar-refractivity contribution in [2.24, 2.45) is 0 Å². The average Bonchev–Trinajstić information content (AvgIpc) is 2.32. The van der Waals surface area contributed by atoms with E-state index in [0.717, 1.165) is 0 Å². The van der Waals surface area contributed by atoms with E-state index in [-0.39, 0.29) is 27.7 Å². The van der Waals surface area contributed by atoms with Gasteiger partial charge >= 0.3 is 0 Å². The third-order valence-electron chi connectivity index (χ3n) is 2.47. The molecule has 0 aliphatic heterocycles. The molecule has 1 heterocycles. The van der Waals surface area contributed by atoms with Gasteiger partial charge in [-0.05, 0) is 19.9 Å². The Morgan fingerprint density at radius 3 is 2.53 bits per heavy atom. The van der Waals surface area contributed by atoms with Crippen molar-refractivity contribution in [1.82, 2.24) is 9.29 Å². The Kier molecular flexibility index (Phi) is 6.01. The molecule has 1 rings (SSSR count). The van der Waals surface area contributed by atoms with E-state index >= 15 is 0 Å². The minimum Gasteiger partial charge on any atom is -0.383 e. The molecule has 1 aromatic rings. The number of ether oxygens (including phenoxy) is 1. The number of hydrogen-bond acceptors (Lipinski definition) is 4. The summed E-state index contributed by atoms with van der Waals surface area (Å²) in [4.78, 5) is 3.78. The molecule has 0 amide bonds. The second-order valence-electron chi connectivity index (χ2n) is 4.15. The van der Waals surface area contributed by atoms with E-state index < -0.39 is 10.0 Å². The summed E-state index contributed by atoms with van der Waals surface area (Å²) in [7, 11) is -2.14. The fourth-order valence-electron chi connectivity index (χ4n) is 1.52. The van der Waals surface area contributed by atoms with Gasteiger partial charge in [-0.15, -0.1) is 0 Å². The zero-order valence-electron chi connectivity index (χ0n) is 10.9. The van der Waals surface area contributed by atoms with E-state index in [9.17, 15) is 8.42 Å². The van der Waals surface area contributed by atoms with Crippen LogP contribution >= 0.6 is 23.2 Å². The molecule has 0 N–H and O–H groups in total. The summed E-state index contributed by atoms with van der Waals surface area (Å²) in [5, 5.41) is 0.187. The third-order valence-corrected chi connectivity index (χ3v) is 5.20. The smallest absolute Gasteiger partial charge is 0.244 e. The van der Waals surface area contributed by atoms with Crippen molar-refractivity contribution in [3.8, 4) is 0 Å². The van der Waals surface area contributed by atoms with Crippen LogP contribution < -0.4 is 0 Å². The lowest BCUT2D eigenvalue weighted by Crippen LogP contribution is -2.39. The maximum Gasteiger partial charge on any atom is 0.244 e. The molecular formula is C11H16Cl2N2O3S. The van der Waals surface area contributed by atoms with E-state index in [4.69, 9.17) is 27.9 Å². The first kappa shape index (κ1) is 16.7. The van der Waals surface area contributed by atoms with E-state index in [2.05, 4.69) is 4.98 Å². The molecule has 108 valence electrons. The van der Waals surface area contributed by atoms with Gasteiger partial charge in [0.1, 0.15) is 10.0 Å². The highest BCUT2D eigenvalue weighted by Crippen LogP contribution is 2.25. The van der Waals surface area contributed by atoms with E-state index in [1.165, 1.54) is 23.7 Å². The Balaban J connectivity index is 3.15. The Hall–Kier alpha value is -0.400. The molecule has 0 saturated carbocycles. The Bertz CT molecular complexity index is 535. The van der Waals surface area contributed by atoms with Crippen LogP contribution in [-0.2, 0) is 14.8 Å². The lowest BCUT2D eigenvalue weighted by molar-refractivity contribution is 0.171. The number of methoxy groups -OCH3 is 1. The molecule has 1 aromatic heterocycles. The summed E-state index contributed by atoms with van der Waals surface area (Å²) in [5.74, 6) is 0. The van der Waals surface area contributed by atoms with Gasteiger partial charge in [0.2, 0.25) is 10.0 Å². The Morgan fingerprint density at radius 1 is 1.42 bits per heavy atom. The minimum absolute atomic E-state index is 0.0201. The second kappa shape index (κ2) is 6.85. The summed E-state index contributed by atoms with van der Waals surface area (Å²) >= 11 is 11.5. The van der Waals surface area contributed by atoms with E-state index in [1.807, 2.05) is 0 Å². The molecule has 0 aliphatic carbocycles. The number of nitrogens with zero attached hydrogens (tertiary/aromatic N) is 2. The summed E-state index contributed by atoms with van der Waals surface area (Å²) in [5.41, 5.74) is 0. The summed E-state index contributed by atoms with van der Waals surface area (Å²) < 4.78 is 31.2. The van der Waals surface area contributed by atoms with Gasteiger partial charge in [-0.3, -0.25) is 0 Å². The Labute approximate surface area is 123 Å². The lowest BCUT2D eigenvalue weighted by Gasteiger charge is -2.25. The van der Waals surface area contributed by atoms with Crippen molar-refractivity contribution in [3.63, 3.8) is 0 Å². The van der Waals surface area contributed by atoms with Crippen LogP contribution in [0.25, 0.3) is 0 Å². The van der Waals surface area contributed by atoms with Crippen LogP contribution in [0.2, 0.25) is 10.2 Å². The second-order valence-corrected chi connectivity index (χ2v) is 6.80. The molecule has 0 saturated heterocycles. The van der Waals surface area contributed by atoms with Gasteiger partial charge in [0.05, 0.1) is 11.6 Å². The highest BCUT2D eigenvalue weighted by atomic mass is 35.5. The van der Waals surface area contributed by atoms with Gasteiger partial charge in [-0.1, -0.05) is 23.2 Å². The maximum atomic E-state index is 12.5. The molecule has 0 atom stereocenters. The summed E-state index contributed by atoms with van der Waals surface area (Å²) in [6.45, 7) is 4.15. The summed E-state index contributed by atoms with van der Waals surface area (Å²) in [6.07, 6.45) is 1.20. The fourth-order valence-corrected chi connectivity index (χ4v) is 3.45. The van der Waals surface area contributed by atoms with Crippen LogP contribution in [0.1, 0.15) is 13.8 Å². The molecule has 5 nitrogen and oxygen atoms in total. The lowest BCUT2D eigenvalue weighted by atomic mass is 10.4. The molecule has 0 bridgehead atoms. The van der Waals surface area contributed by atoms with E-state index in [0.29, 0.717) is 6.61 Å². The number of sulfonamides is 1. The van der Waals surface area contributed by atoms with Crippen molar-refractivity contribution in [2.75, 3.05) is 20.3 Å². The van der Waals surface area contributed by atoms with Crippen molar-refractivity contribution >= 4 is 33.2 Å². The van der Waals surface area contributed by atoms with Crippen LogP contribution in [0.4, 0.5) is 0 Å². The van der Waals surface area contributed by atoms with Gasteiger partial charge in [0.15, 0.2) is 0 Å². The van der Waals surface area contributed by atoms with Crippen LogP contribution in [0.3, 0.4) is 0 Å². The number of rotatable bonds is 6. The van der Waals surface area contributed by atoms with Gasteiger partial charge in [0.25, 0.3) is 0 Å². The van der Waals surface area contributed by atoms with Gasteiger partial charge in [-0.25, -0.2) is 13.4 Å². The first-order valence-corrected chi connectivity index (χ1v) is 7.82. The first-order valence-electron chi connectivity index (χ1n) is 5.62. The molecule has 0 radical (unpaired) electrons. The van der Waals surface area contributed by atoms with Gasteiger partial charge in [-0.2, -0.15) is 4.31 Å². The maximum absolute atomic E-state index is 12.5. The zero-order valence-corrected chi connectivity index (χ0v) is 13.3. The van der Waals surface area contributed by atoms with E-state index in [1.54, 1.807) is 13.8 Å². The molecule has 8 heteroatoms. The highest BCUT2D eigenvalue weighted by Gasteiger charge is 2.27. The van der Waals surface area contributed by atoms with Crippen molar-refractivity contribution in [2.45, 2.75) is 24.8 Å². The first-order chi connectivity index (χ1) is 8.80. The quantitative estimate of drug-likeness (QED) is 0.753. The molecule has 19 heavy (non-hydrogen) atoms. The van der Waals surface area contributed by atoms with Crippen LogP contribution in [0.15, 0.2) is 17.2 Å².